The smallest absolute Gasteiger partial charge is 0.326 e. The predicted octanol–water partition coefficient (Wildman–Crippen LogP) is 1.68. The molecule has 0 spiro atoms. The number of likely N-dealkylation sites (tertiary alicyclic amines) is 1. The second-order valence-electron chi connectivity index (χ2n) is 7.29. The molecule has 27 heavy (non-hydrogen) atoms. The number of fused-ring (bicyclic) bond motifs is 1. The van der Waals surface area contributed by atoms with Gasteiger partial charge in [-0.15, -0.1) is 12.4 Å². The zero-order valence-corrected chi connectivity index (χ0v) is 16.4. The molecule has 4 rings (SSSR count). The van der Waals surface area contributed by atoms with Gasteiger partial charge in [0.1, 0.15) is 5.60 Å². The highest BCUT2D eigenvalue weighted by atomic mass is 35.5. The van der Waals surface area contributed by atoms with Gasteiger partial charge in [-0.05, 0) is 50.9 Å². The van der Waals surface area contributed by atoms with Crippen molar-refractivity contribution in [2.75, 3.05) is 33.3 Å². The topological polar surface area (TPSA) is 79.4 Å². The number of imidazole rings is 1. The summed E-state index contributed by atoms with van der Waals surface area (Å²) in [7, 11) is 1.64. The van der Waals surface area contributed by atoms with E-state index >= 15 is 0 Å². The van der Waals surface area contributed by atoms with Crippen LogP contribution in [0.1, 0.15) is 31.7 Å². The molecule has 0 saturated carbocycles. The van der Waals surface area contributed by atoms with Gasteiger partial charge in [-0.25, -0.2) is 4.79 Å². The zero-order valence-electron chi connectivity index (χ0n) is 15.6. The first kappa shape index (κ1) is 19.9. The van der Waals surface area contributed by atoms with Gasteiger partial charge in [0, 0.05) is 26.2 Å². The van der Waals surface area contributed by atoms with E-state index in [1.807, 2.05) is 33.7 Å². The minimum Gasteiger partial charge on any atom is -0.368 e. The van der Waals surface area contributed by atoms with E-state index in [1.54, 1.807) is 7.11 Å². The predicted molar refractivity (Wildman–Crippen MR) is 107 cm³/mol. The molecule has 0 aliphatic carbocycles. The molecule has 8 heteroatoms. The van der Waals surface area contributed by atoms with E-state index in [-0.39, 0.29) is 30.0 Å². The third kappa shape index (κ3) is 3.51. The highest BCUT2D eigenvalue weighted by molar-refractivity contribution is 5.86. The summed E-state index contributed by atoms with van der Waals surface area (Å²) in [6, 6.07) is 7.89. The number of nitrogens with zero attached hydrogens (tertiary/aromatic N) is 2. The van der Waals surface area contributed by atoms with Crippen molar-refractivity contribution in [1.82, 2.24) is 19.8 Å². The summed E-state index contributed by atoms with van der Waals surface area (Å²) in [4.78, 5) is 30.3. The molecule has 1 aromatic carbocycles. The maximum absolute atomic E-state index is 13.1. The van der Waals surface area contributed by atoms with Crippen LogP contribution in [0.2, 0.25) is 0 Å². The first-order valence-corrected chi connectivity index (χ1v) is 9.39. The van der Waals surface area contributed by atoms with Crippen molar-refractivity contribution >= 4 is 29.3 Å². The molecular formula is C19H27ClN4O3. The summed E-state index contributed by atoms with van der Waals surface area (Å²) in [6.07, 6.45) is 2.99. The average Bonchev–Trinajstić information content (AvgIpc) is 3.03. The molecule has 0 radical (unpaired) electrons. The number of carbonyl (C=O) groups excluding carboxylic acids is 1. The molecule has 0 unspecified atom stereocenters. The quantitative estimate of drug-likeness (QED) is 0.830. The lowest BCUT2D eigenvalue weighted by Crippen LogP contribution is -2.56. The van der Waals surface area contributed by atoms with Crippen molar-refractivity contribution in [2.45, 2.75) is 37.3 Å². The Morgan fingerprint density at radius 1 is 1.19 bits per heavy atom. The Hall–Kier alpha value is -1.83. The summed E-state index contributed by atoms with van der Waals surface area (Å²) >= 11 is 0. The van der Waals surface area contributed by atoms with Gasteiger partial charge in [0.15, 0.2) is 0 Å². The molecule has 148 valence electrons. The summed E-state index contributed by atoms with van der Waals surface area (Å²) in [5.74, 6) is 0.103. The number of rotatable bonds is 3. The van der Waals surface area contributed by atoms with Crippen LogP contribution in [0.5, 0.6) is 0 Å². The largest absolute Gasteiger partial charge is 0.368 e. The third-order valence-corrected chi connectivity index (χ3v) is 5.93. The number of halogens is 1. The SMILES string of the molecule is COC1(C(=O)N2CCC(n3c(=O)[nH]c4ccccc43)CC2)CCNCC1.Cl. The Morgan fingerprint density at radius 2 is 1.85 bits per heavy atom. The van der Waals surface area contributed by atoms with Gasteiger partial charge in [0.25, 0.3) is 5.91 Å². The van der Waals surface area contributed by atoms with Crippen molar-refractivity contribution in [3.63, 3.8) is 0 Å². The van der Waals surface area contributed by atoms with Gasteiger partial charge < -0.3 is 19.9 Å². The van der Waals surface area contributed by atoms with Gasteiger partial charge >= 0.3 is 5.69 Å². The number of hydrogen-bond acceptors (Lipinski definition) is 4. The number of ether oxygens (including phenoxy) is 1. The molecule has 7 nitrogen and oxygen atoms in total. The Bertz CT molecular complexity index is 848. The maximum Gasteiger partial charge on any atom is 0.326 e. The second kappa shape index (κ2) is 8.04. The van der Waals surface area contributed by atoms with E-state index < -0.39 is 5.60 Å². The molecule has 0 bridgehead atoms. The Labute approximate surface area is 164 Å². The number of benzene rings is 1. The Kier molecular flexibility index (Phi) is 5.93. The van der Waals surface area contributed by atoms with Crippen LogP contribution in [-0.2, 0) is 9.53 Å². The molecular weight excluding hydrogens is 368 g/mol. The van der Waals surface area contributed by atoms with E-state index in [9.17, 15) is 9.59 Å². The van der Waals surface area contributed by atoms with Crippen LogP contribution in [0, 0.1) is 0 Å². The summed E-state index contributed by atoms with van der Waals surface area (Å²) in [6.45, 7) is 2.93. The molecule has 0 atom stereocenters. The average molecular weight is 395 g/mol. The highest BCUT2D eigenvalue weighted by Crippen LogP contribution is 2.30. The standard InChI is InChI=1S/C19H26N4O3.ClH/c1-26-19(8-10-20-11-9-19)17(24)22-12-6-14(7-13-22)23-16-5-3-2-4-15(16)21-18(23)25;/h2-5,14,20H,6-13H2,1H3,(H,21,25);1H. The van der Waals surface area contributed by atoms with E-state index in [1.165, 1.54) is 0 Å². The molecule has 2 aliphatic rings. The lowest BCUT2D eigenvalue weighted by Gasteiger charge is -2.41. The zero-order chi connectivity index (χ0) is 18.1. The normalized spacial score (nSPS) is 20.4. The van der Waals surface area contributed by atoms with Crippen LogP contribution in [0.3, 0.4) is 0 Å². The minimum absolute atomic E-state index is 0. The van der Waals surface area contributed by atoms with E-state index in [2.05, 4.69) is 10.3 Å². The number of nitrogens with one attached hydrogen (secondary N) is 2. The Balaban J connectivity index is 0.00000210. The fourth-order valence-electron chi connectivity index (χ4n) is 4.39. The van der Waals surface area contributed by atoms with Gasteiger partial charge in [-0.1, -0.05) is 12.1 Å². The van der Waals surface area contributed by atoms with Crippen molar-refractivity contribution in [2.24, 2.45) is 0 Å². The number of carbonyl (C=O) groups is 1. The first-order valence-electron chi connectivity index (χ1n) is 9.39. The molecule has 3 heterocycles. The highest BCUT2D eigenvalue weighted by Gasteiger charge is 2.43. The number of methoxy groups -OCH3 is 1. The van der Waals surface area contributed by atoms with Crippen LogP contribution >= 0.6 is 12.4 Å². The van der Waals surface area contributed by atoms with Crippen molar-refractivity contribution < 1.29 is 9.53 Å². The van der Waals surface area contributed by atoms with Gasteiger partial charge in [0.2, 0.25) is 0 Å². The monoisotopic (exact) mass is 394 g/mol. The molecule has 1 amide bonds. The number of piperidine rings is 2. The number of H-pyrrole nitrogens is 1. The molecule has 2 fully saturated rings. The maximum atomic E-state index is 13.1. The first-order chi connectivity index (χ1) is 12.6. The molecule has 2 saturated heterocycles. The van der Waals surface area contributed by atoms with Crippen molar-refractivity contribution in [3.8, 4) is 0 Å². The number of aromatic nitrogens is 2. The van der Waals surface area contributed by atoms with Crippen LogP contribution in [-0.4, -0.2) is 59.2 Å². The van der Waals surface area contributed by atoms with Crippen LogP contribution < -0.4 is 11.0 Å². The third-order valence-electron chi connectivity index (χ3n) is 5.93. The summed E-state index contributed by atoms with van der Waals surface area (Å²) in [5.41, 5.74) is 1.05. The lowest BCUT2D eigenvalue weighted by molar-refractivity contribution is -0.159. The summed E-state index contributed by atoms with van der Waals surface area (Å²) in [5, 5.41) is 3.29. The van der Waals surface area contributed by atoms with Crippen molar-refractivity contribution in [1.29, 1.82) is 0 Å². The van der Waals surface area contributed by atoms with E-state index in [0.29, 0.717) is 25.9 Å². The van der Waals surface area contributed by atoms with Crippen molar-refractivity contribution in [3.05, 3.63) is 34.7 Å². The molecule has 1 aromatic heterocycles. The van der Waals surface area contributed by atoms with Crippen LogP contribution in [0.15, 0.2) is 29.1 Å². The lowest BCUT2D eigenvalue weighted by atomic mass is 9.89. The van der Waals surface area contributed by atoms with Gasteiger partial charge in [-0.3, -0.25) is 9.36 Å². The van der Waals surface area contributed by atoms with Crippen LogP contribution in [0.4, 0.5) is 0 Å². The fourth-order valence-corrected chi connectivity index (χ4v) is 4.39. The number of para-hydroxylation sites is 2. The fraction of sp³-hybridized carbons (Fsp3) is 0.579. The molecule has 2 N–H and O–H groups in total. The number of aromatic amines is 1. The van der Waals surface area contributed by atoms with E-state index in [0.717, 1.165) is 37.0 Å². The Morgan fingerprint density at radius 3 is 2.52 bits per heavy atom. The van der Waals surface area contributed by atoms with Gasteiger partial charge in [-0.2, -0.15) is 0 Å². The van der Waals surface area contributed by atoms with Crippen LogP contribution in [0.25, 0.3) is 11.0 Å². The molecule has 2 aromatic rings. The number of amides is 1. The summed E-state index contributed by atoms with van der Waals surface area (Å²) < 4.78 is 7.53. The minimum atomic E-state index is -0.685. The molecule has 2 aliphatic heterocycles. The van der Waals surface area contributed by atoms with Gasteiger partial charge in [0.05, 0.1) is 11.0 Å². The van der Waals surface area contributed by atoms with E-state index in [4.69, 9.17) is 4.74 Å². The number of hydrogen-bond donors (Lipinski definition) is 2. The second-order valence-corrected chi connectivity index (χ2v) is 7.29.